The zero-order valence-corrected chi connectivity index (χ0v) is 19.5. The van der Waals surface area contributed by atoms with E-state index in [0.717, 1.165) is 10.0 Å². The maximum absolute atomic E-state index is 13.0. The normalized spacial score (nSPS) is 18.3. The molecule has 158 valence electrons. The predicted molar refractivity (Wildman–Crippen MR) is 122 cm³/mol. The summed E-state index contributed by atoms with van der Waals surface area (Å²) in [5.41, 5.74) is 8.00. The van der Waals surface area contributed by atoms with Gasteiger partial charge in [0.05, 0.1) is 17.4 Å². The van der Waals surface area contributed by atoms with Crippen molar-refractivity contribution >= 4 is 38.8 Å². The smallest absolute Gasteiger partial charge is 0.338 e. The predicted octanol–water partition coefficient (Wildman–Crippen LogP) is 5.05. The van der Waals surface area contributed by atoms with Gasteiger partial charge in [-0.25, -0.2) is 9.79 Å². The third-order valence-corrected chi connectivity index (χ3v) is 6.27. The molecule has 0 bridgehead atoms. The van der Waals surface area contributed by atoms with Crippen molar-refractivity contribution in [2.75, 3.05) is 0 Å². The fraction of sp³-hybridized carbons (Fsp3) is 0.227. The molecule has 4 rings (SSSR count). The van der Waals surface area contributed by atoms with Gasteiger partial charge in [0.2, 0.25) is 0 Å². The summed E-state index contributed by atoms with van der Waals surface area (Å²) < 4.78 is 12.6. The number of amidine groups is 1. The second-order valence-corrected chi connectivity index (χ2v) is 9.15. The van der Waals surface area contributed by atoms with Gasteiger partial charge in [-0.15, -0.1) is 0 Å². The summed E-state index contributed by atoms with van der Waals surface area (Å²) in [6.45, 7) is 5.31. The van der Waals surface area contributed by atoms with Crippen molar-refractivity contribution in [2.24, 2.45) is 10.7 Å². The van der Waals surface area contributed by atoms with Gasteiger partial charge in [0.25, 0.3) is 0 Å². The molecule has 1 aromatic carbocycles. The van der Waals surface area contributed by atoms with Gasteiger partial charge in [0.15, 0.2) is 5.17 Å². The minimum atomic E-state index is -0.693. The average Bonchev–Trinajstić information content (AvgIpc) is 3.32. The van der Waals surface area contributed by atoms with Crippen LogP contribution in [0.15, 0.2) is 72.3 Å². The van der Waals surface area contributed by atoms with Crippen LogP contribution in [-0.4, -0.2) is 22.1 Å². The van der Waals surface area contributed by atoms with E-state index in [-0.39, 0.29) is 11.9 Å². The Balaban J connectivity index is 1.82. The lowest BCUT2D eigenvalue weighted by Crippen LogP contribution is -2.38. The highest BCUT2D eigenvalue weighted by Crippen LogP contribution is 2.46. The molecular weight excluding hydrogens is 480 g/mol. The lowest BCUT2D eigenvalue weighted by atomic mass is 9.99. The van der Waals surface area contributed by atoms with Crippen LogP contribution in [0, 0.1) is 11.3 Å². The fourth-order valence-corrected chi connectivity index (χ4v) is 4.60. The van der Waals surface area contributed by atoms with Crippen LogP contribution in [0.1, 0.15) is 32.6 Å². The Hall–Kier alpha value is -2.96. The van der Waals surface area contributed by atoms with E-state index in [4.69, 9.17) is 14.9 Å². The van der Waals surface area contributed by atoms with E-state index in [0.29, 0.717) is 32.9 Å². The Morgan fingerprint density at radius 1 is 1.32 bits per heavy atom. The Labute approximate surface area is 192 Å². The molecule has 2 aliphatic heterocycles. The van der Waals surface area contributed by atoms with E-state index < -0.39 is 12.0 Å². The number of ether oxygens (including phenoxy) is 1. The maximum atomic E-state index is 13.0. The number of benzene rings is 1. The number of furan rings is 1. The van der Waals surface area contributed by atoms with E-state index in [1.54, 1.807) is 25.7 Å². The molecule has 2 N–H and O–H groups in total. The third kappa shape index (κ3) is 3.89. The molecule has 31 heavy (non-hydrogen) atoms. The van der Waals surface area contributed by atoms with Crippen LogP contribution in [-0.2, 0) is 9.53 Å². The van der Waals surface area contributed by atoms with Gasteiger partial charge >= 0.3 is 5.97 Å². The van der Waals surface area contributed by atoms with Gasteiger partial charge in [-0.05, 0) is 56.8 Å². The molecule has 2 aliphatic rings. The number of hydrogen-bond acceptors (Lipinski definition) is 8. The van der Waals surface area contributed by atoms with E-state index in [2.05, 4.69) is 27.0 Å². The average molecular weight is 499 g/mol. The van der Waals surface area contributed by atoms with Gasteiger partial charge in [-0.2, -0.15) is 5.26 Å². The molecule has 0 aliphatic carbocycles. The fourth-order valence-electron chi connectivity index (χ4n) is 3.42. The molecule has 1 aromatic heterocycles. The monoisotopic (exact) mass is 498 g/mol. The number of carbonyl (C=O) groups is 1. The zero-order valence-electron chi connectivity index (χ0n) is 17.0. The third-order valence-electron chi connectivity index (χ3n) is 4.77. The van der Waals surface area contributed by atoms with Crippen LogP contribution < -0.4 is 5.73 Å². The van der Waals surface area contributed by atoms with Crippen molar-refractivity contribution in [2.45, 2.75) is 32.9 Å². The summed E-state index contributed by atoms with van der Waals surface area (Å²) in [5.74, 6) is 0.893. The van der Waals surface area contributed by atoms with E-state index in [1.165, 1.54) is 11.8 Å². The highest BCUT2D eigenvalue weighted by Gasteiger charge is 2.44. The molecule has 1 atom stereocenters. The van der Waals surface area contributed by atoms with Gasteiger partial charge in [0.1, 0.15) is 34.4 Å². The Morgan fingerprint density at radius 3 is 2.68 bits per heavy atom. The standard InChI is InChI=1S/C22H19BrN4O3S/c1-11(2)29-21(28)18-12(3)26-22-27(20(25)17(10-24)31-22)19(18)16-9-8-15(30-16)13-4-6-14(23)7-5-13/h4-9,11,19H,25H2,1-3H3/t19-/m1/s1. The number of halogens is 1. The minimum absolute atomic E-state index is 0.236. The van der Waals surface area contributed by atoms with Crippen molar-refractivity contribution in [3.05, 3.63) is 68.6 Å². The number of allylic oxidation sites excluding steroid dienone is 2. The van der Waals surface area contributed by atoms with Crippen LogP contribution in [0.4, 0.5) is 0 Å². The molecule has 0 fully saturated rings. The summed E-state index contributed by atoms with van der Waals surface area (Å²) in [4.78, 5) is 19.5. The van der Waals surface area contributed by atoms with Gasteiger partial charge in [0, 0.05) is 10.0 Å². The maximum Gasteiger partial charge on any atom is 0.338 e. The van der Waals surface area contributed by atoms with E-state index in [1.807, 2.05) is 36.4 Å². The van der Waals surface area contributed by atoms with Crippen molar-refractivity contribution in [1.29, 1.82) is 5.26 Å². The quantitative estimate of drug-likeness (QED) is 0.588. The number of nitriles is 1. The van der Waals surface area contributed by atoms with Crippen LogP contribution in [0.2, 0.25) is 0 Å². The van der Waals surface area contributed by atoms with Gasteiger partial charge in [-0.3, -0.25) is 4.90 Å². The Bertz CT molecular complexity index is 1190. The first-order chi connectivity index (χ1) is 14.8. The first-order valence-corrected chi connectivity index (χ1v) is 11.1. The number of nitrogens with zero attached hydrogens (tertiary/aromatic N) is 3. The summed E-state index contributed by atoms with van der Waals surface area (Å²) >= 11 is 4.60. The van der Waals surface area contributed by atoms with Crippen molar-refractivity contribution in [3.63, 3.8) is 0 Å². The van der Waals surface area contributed by atoms with Crippen LogP contribution in [0.5, 0.6) is 0 Å². The number of fused-ring (bicyclic) bond motifs is 1. The number of hydrogen-bond donors (Lipinski definition) is 1. The molecule has 0 radical (unpaired) electrons. The highest BCUT2D eigenvalue weighted by molar-refractivity contribution is 9.10. The molecule has 0 spiro atoms. The molecule has 0 saturated carbocycles. The molecule has 0 unspecified atom stereocenters. The van der Waals surface area contributed by atoms with E-state index in [9.17, 15) is 10.1 Å². The largest absolute Gasteiger partial charge is 0.459 e. The van der Waals surface area contributed by atoms with Crippen molar-refractivity contribution in [1.82, 2.24) is 4.90 Å². The number of rotatable bonds is 4. The molecule has 9 heteroatoms. The van der Waals surface area contributed by atoms with Gasteiger partial charge in [-0.1, -0.05) is 28.1 Å². The lowest BCUT2D eigenvalue weighted by molar-refractivity contribution is -0.143. The number of aliphatic imine (C=N–C) groups is 1. The highest BCUT2D eigenvalue weighted by atomic mass is 79.9. The van der Waals surface area contributed by atoms with Crippen LogP contribution >= 0.6 is 27.7 Å². The first-order valence-electron chi connectivity index (χ1n) is 9.53. The second-order valence-electron chi connectivity index (χ2n) is 7.26. The Morgan fingerprint density at radius 2 is 2.03 bits per heavy atom. The molecular formula is C22H19BrN4O3S. The van der Waals surface area contributed by atoms with Crippen LogP contribution in [0.3, 0.4) is 0 Å². The molecule has 2 aromatic rings. The van der Waals surface area contributed by atoms with Crippen molar-refractivity contribution < 1.29 is 13.9 Å². The zero-order chi connectivity index (χ0) is 22.3. The summed E-state index contributed by atoms with van der Waals surface area (Å²) in [6, 6.07) is 12.8. The second kappa shape index (κ2) is 8.29. The Kier molecular flexibility index (Phi) is 5.69. The molecule has 7 nitrogen and oxygen atoms in total. The molecule has 0 amide bonds. The summed E-state index contributed by atoms with van der Waals surface area (Å²) in [7, 11) is 0. The van der Waals surface area contributed by atoms with Crippen LogP contribution in [0.25, 0.3) is 11.3 Å². The topological polar surface area (TPSA) is 105 Å². The van der Waals surface area contributed by atoms with Crippen molar-refractivity contribution in [3.8, 4) is 17.4 Å². The lowest BCUT2D eigenvalue weighted by Gasteiger charge is -2.33. The minimum Gasteiger partial charge on any atom is -0.459 e. The molecule has 0 saturated heterocycles. The SMILES string of the molecule is CC1=C(C(=O)OC(C)C)[C@@H](c2ccc(-c3ccc(Br)cc3)o2)N2C(=N1)SC(C#N)=C2N. The van der Waals surface area contributed by atoms with Gasteiger partial charge < -0.3 is 14.9 Å². The molecule has 3 heterocycles. The first kappa shape index (κ1) is 21.3. The number of esters is 1. The summed E-state index contributed by atoms with van der Waals surface area (Å²) in [6.07, 6.45) is -0.302. The number of thioether (sulfide) groups is 1. The number of carbonyl (C=O) groups excluding carboxylic acids is 1. The van der Waals surface area contributed by atoms with E-state index >= 15 is 0 Å². The number of nitrogens with two attached hydrogens (primary N) is 1. The summed E-state index contributed by atoms with van der Waals surface area (Å²) in [5, 5.41) is 9.98.